The molecule has 0 aromatic heterocycles. The second-order valence-electron chi connectivity index (χ2n) is 4.82. The zero-order valence-corrected chi connectivity index (χ0v) is 12.9. The predicted octanol–water partition coefficient (Wildman–Crippen LogP) is 3.11. The Morgan fingerprint density at radius 2 is 1.95 bits per heavy atom. The molecule has 2 aromatic rings. The standard InChI is InChI=1S/C16H14BrN3O/c17-13-3-1-11(2-4-13)16(21)20-8-7-19-10-12-9-14(18)5-6-15(12)20/h1-6,9-10H,7-8,18H2. The van der Waals surface area contributed by atoms with Gasteiger partial charge in [-0.05, 0) is 42.5 Å². The third kappa shape index (κ3) is 2.83. The molecule has 2 N–H and O–H groups in total. The number of fused-ring (bicyclic) bond motifs is 1. The van der Waals surface area contributed by atoms with Crippen LogP contribution < -0.4 is 10.6 Å². The van der Waals surface area contributed by atoms with Crippen molar-refractivity contribution in [3.05, 3.63) is 58.1 Å². The highest BCUT2D eigenvalue weighted by Gasteiger charge is 2.21. The van der Waals surface area contributed by atoms with Gasteiger partial charge in [0.05, 0.1) is 12.2 Å². The van der Waals surface area contributed by atoms with Crippen molar-refractivity contribution >= 4 is 39.4 Å². The molecular formula is C16H14BrN3O. The number of nitrogen functional groups attached to an aromatic ring is 1. The largest absolute Gasteiger partial charge is 0.399 e. The average molecular weight is 344 g/mol. The molecule has 0 radical (unpaired) electrons. The van der Waals surface area contributed by atoms with Gasteiger partial charge in [0.25, 0.3) is 5.91 Å². The van der Waals surface area contributed by atoms with Crippen LogP contribution in [0.5, 0.6) is 0 Å². The number of aliphatic imine (C=N–C) groups is 1. The maximum absolute atomic E-state index is 12.7. The lowest BCUT2D eigenvalue weighted by molar-refractivity contribution is 0.0988. The van der Waals surface area contributed by atoms with Crippen molar-refractivity contribution in [3.8, 4) is 0 Å². The number of nitrogens with zero attached hydrogens (tertiary/aromatic N) is 2. The minimum Gasteiger partial charge on any atom is -0.399 e. The number of carbonyl (C=O) groups excluding carboxylic acids is 1. The van der Waals surface area contributed by atoms with Crippen LogP contribution in [-0.4, -0.2) is 25.2 Å². The second-order valence-corrected chi connectivity index (χ2v) is 5.73. The summed E-state index contributed by atoms with van der Waals surface area (Å²) in [5, 5.41) is 0. The fourth-order valence-electron chi connectivity index (χ4n) is 2.32. The monoisotopic (exact) mass is 343 g/mol. The highest BCUT2D eigenvalue weighted by molar-refractivity contribution is 9.10. The van der Waals surface area contributed by atoms with Crippen LogP contribution >= 0.6 is 15.9 Å². The summed E-state index contributed by atoms with van der Waals surface area (Å²) in [6.07, 6.45) is 1.78. The van der Waals surface area contributed by atoms with Gasteiger partial charge >= 0.3 is 0 Å². The summed E-state index contributed by atoms with van der Waals surface area (Å²) < 4.78 is 0.950. The fraction of sp³-hybridized carbons (Fsp3) is 0.125. The van der Waals surface area contributed by atoms with E-state index in [1.54, 1.807) is 17.2 Å². The molecule has 106 valence electrons. The Bertz CT molecular complexity index is 710. The maximum Gasteiger partial charge on any atom is 0.258 e. The summed E-state index contributed by atoms with van der Waals surface area (Å²) in [5.41, 5.74) is 8.85. The molecule has 0 atom stereocenters. The van der Waals surface area contributed by atoms with Gasteiger partial charge in [-0.25, -0.2) is 0 Å². The van der Waals surface area contributed by atoms with Gasteiger partial charge in [0.15, 0.2) is 0 Å². The zero-order chi connectivity index (χ0) is 14.8. The first kappa shape index (κ1) is 13.8. The molecule has 3 rings (SSSR count). The normalized spacial score (nSPS) is 13.7. The highest BCUT2D eigenvalue weighted by atomic mass is 79.9. The van der Waals surface area contributed by atoms with E-state index in [4.69, 9.17) is 5.73 Å². The van der Waals surface area contributed by atoms with Crippen molar-refractivity contribution in [3.63, 3.8) is 0 Å². The molecule has 21 heavy (non-hydrogen) atoms. The van der Waals surface area contributed by atoms with E-state index in [0.717, 1.165) is 15.7 Å². The maximum atomic E-state index is 12.7. The summed E-state index contributed by atoms with van der Waals surface area (Å²) in [5.74, 6) is -0.0287. The first-order chi connectivity index (χ1) is 10.1. The van der Waals surface area contributed by atoms with Gasteiger partial charge in [-0.15, -0.1) is 0 Å². The molecule has 0 saturated carbocycles. The summed E-state index contributed by atoms with van der Waals surface area (Å²) in [6.45, 7) is 1.14. The third-order valence-electron chi connectivity index (χ3n) is 3.36. The fourth-order valence-corrected chi connectivity index (χ4v) is 2.59. The van der Waals surface area contributed by atoms with Crippen LogP contribution in [0.25, 0.3) is 0 Å². The molecule has 0 bridgehead atoms. The first-order valence-electron chi connectivity index (χ1n) is 6.62. The van der Waals surface area contributed by atoms with Gasteiger partial charge in [0, 0.05) is 34.0 Å². The van der Waals surface area contributed by atoms with Crippen LogP contribution in [-0.2, 0) is 0 Å². The Balaban J connectivity index is 2.00. The number of nitrogens with two attached hydrogens (primary N) is 1. The van der Waals surface area contributed by atoms with Crippen molar-refractivity contribution in [1.29, 1.82) is 0 Å². The number of anilines is 2. The van der Waals surface area contributed by atoms with Gasteiger partial charge in [0.1, 0.15) is 0 Å². The summed E-state index contributed by atoms with van der Waals surface area (Å²) >= 11 is 3.38. The topological polar surface area (TPSA) is 58.7 Å². The predicted molar refractivity (Wildman–Crippen MR) is 89.1 cm³/mol. The lowest BCUT2D eigenvalue weighted by atomic mass is 10.1. The molecule has 5 heteroatoms. The number of hydrogen-bond donors (Lipinski definition) is 1. The molecule has 0 spiro atoms. The Kier molecular flexibility index (Phi) is 3.75. The van der Waals surface area contributed by atoms with Crippen molar-refractivity contribution < 1.29 is 4.79 Å². The zero-order valence-electron chi connectivity index (χ0n) is 11.3. The molecule has 0 saturated heterocycles. The van der Waals surface area contributed by atoms with Crippen LogP contribution in [0.4, 0.5) is 11.4 Å². The summed E-state index contributed by atoms with van der Waals surface area (Å²) in [7, 11) is 0. The van der Waals surface area contributed by atoms with E-state index in [2.05, 4.69) is 20.9 Å². The number of benzene rings is 2. The Hall–Kier alpha value is -2.14. The molecule has 1 amide bonds. The van der Waals surface area contributed by atoms with Crippen LogP contribution in [0.1, 0.15) is 15.9 Å². The van der Waals surface area contributed by atoms with Crippen molar-refractivity contribution in [2.45, 2.75) is 0 Å². The average Bonchev–Trinajstić information content (AvgIpc) is 2.69. The van der Waals surface area contributed by atoms with E-state index >= 15 is 0 Å². The summed E-state index contributed by atoms with van der Waals surface area (Å²) in [6, 6.07) is 12.9. The van der Waals surface area contributed by atoms with E-state index in [1.165, 1.54) is 0 Å². The number of rotatable bonds is 1. The molecule has 2 aromatic carbocycles. The van der Waals surface area contributed by atoms with Gasteiger partial charge in [-0.2, -0.15) is 0 Å². The molecule has 0 unspecified atom stereocenters. The lowest BCUT2D eigenvalue weighted by Crippen LogP contribution is -2.33. The van der Waals surface area contributed by atoms with Crippen LogP contribution in [0, 0.1) is 0 Å². The Morgan fingerprint density at radius 3 is 2.71 bits per heavy atom. The van der Waals surface area contributed by atoms with Gasteiger partial charge in [-0.1, -0.05) is 15.9 Å². The highest BCUT2D eigenvalue weighted by Crippen LogP contribution is 2.25. The lowest BCUT2D eigenvalue weighted by Gasteiger charge is -2.22. The second kappa shape index (κ2) is 5.69. The molecule has 4 nitrogen and oxygen atoms in total. The van der Waals surface area contributed by atoms with Crippen LogP contribution in [0.2, 0.25) is 0 Å². The summed E-state index contributed by atoms with van der Waals surface area (Å²) in [4.78, 5) is 18.8. The van der Waals surface area contributed by atoms with Crippen LogP contribution in [0.15, 0.2) is 51.9 Å². The van der Waals surface area contributed by atoms with E-state index in [-0.39, 0.29) is 5.91 Å². The third-order valence-corrected chi connectivity index (χ3v) is 3.89. The molecular weight excluding hydrogens is 330 g/mol. The van der Waals surface area contributed by atoms with Crippen LogP contribution in [0.3, 0.4) is 0 Å². The van der Waals surface area contributed by atoms with Crippen molar-refractivity contribution in [2.24, 2.45) is 4.99 Å². The van der Waals surface area contributed by atoms with Crippen molar-refractivity contribution in [2.75, 3.05) is 23.7 Å². The van der Waals surface area contributed by atoms with E-state index in [1.807, 2.05) is 36.4 Å². The smallest absolute Gasteiger partial charge is 0.258 e. The number of amides is 1. The van der Waals surface area contributed by atoms with E-state index < -0.39 is 0 Å². The quantitative estimate of drug-likeness (QED) is 0.808. The number of carbonyl (C=O) groups is 1. The minimum atomic E-state index is -0.0287. The molecule has 1 heterocycles. The molecule has 0 fully saturated rings. The minimum absolute atomic E-state index is 0.0287. The molecule has 1 aliphatic rings. The molecule has 1 aliphatic heterocycles. The Labute approximate surface area is 131 Å². The Morgan fingerprint density at radius 1 is 1.19 bits per heavy atom. The SMILES string of the molecule is Nc1ccc2c(c1)C=NCCN2C(=O)c1ccc(Br)cc1. The number of halogens is 1. The number of hydrogen-bond acceptors (Lipinski definition) is 3. The van der Waals surface area contributed by atoms with Gasteiger partial charge < -0.3 is 10.6 Å². The van der Waals surface area contributed by atoms with E-state index in [0.29, 0.717) is 24.3 Å². The van der Waals surface area contributed by atoms with Gasteiger partial charge in [0.2, 0.25) is 0 Å². The van der Waals surface area contributed by atoms with E-state index in [9.17, 15) is 4.79 Å². The molecule has 0 aliphatic carbocycles. The van der Waals surface area contributed by atoms with Crippen molar-refractivity contribution in [1.82, 2.24) is 0 Å². The first-order valence-corrected chi connectivity index (χ1v) is 7.41. The van der Waals surface area contributed by atoms with Gasteiger partial charge in [-0.3, -0.25) is 9.79 Å². The number of benzodiazepines with no additional fused rings is 1.